The zero-order chi connectivity index (χ0) is 10.8. The highest BCUT2D eigenvalue weighted by Gasteiger charge is 2.31. The molecule has 0 aliphatic heterocycles. The molecule has 76 valence electrons. The molecule has 0 aliphatic rings. The fraction of sp³-hybridized carbons (Fsp3) is 0.222. The van der Waals surface area contributed by atoms with Crippen LogP contribution in [0.15, 0.2) is 24.3 Å². The molecule has 0 spiro atoms. The van der Waals surface area contributed by atoms with Gasteiger partial charge >= 0.3 is 0 Å². The highest BCUT2D eigenvalue weighted by Crippen LogP contribution is 2.20. The van der Waals surface area contributed by atoms with E-state index in [4.69, 9.17) is 5.84 Å². The van der Waals surface area contributed by atoms with Gasteiger partial charge < -0.3 is 5.11 Å². The van der Waals surface area contributed by atoms with Gasteiger partial charge in [-0.25, -0.2) is 10.2 Å². The molecule has 0 heterocycles. The van der Waals surface area contributed by atoms with E-state index in [1.54, 1.807) is 0 Å². The van der Waals surface area contributed by atoms with E-state index in [-0.39, 0.29) is 5.56 Å². The fourth-order valence-electron chi connectivity index (χ4n) is 1.06. The predicted octanol–water partition coefficient (Wildman–Crippen LogP) is 0.0231. The van der Waals surface area contributed by atoms with Crippen molar-refractivity contribution in [3.63, 3.8) is 0 Å². The number of hydrogen-bond acceptors (Lipinski definition) is 3. The van der Waals surface area contributed by atoms with Gasteiger partial charge in [-0.1, -0.05) is 12.1 Å². The average Bonchev–Trinajstić information content (AvgIpc) is 2.16. The monoisotopic (exact) mass is 198 g/mol. The van der Waals surface area contributed by atoms with E-state index in [1.807, 2.05) is 5.43 Å². The van der Waals surface area contributed by atoms with Gasteiger partial charge in [-0.05, 0) is 24.6 Å². The molecule has 4 nitrogen and oxygen atoms in total. The Hall–Kier alpha value is -1.46. The molecular weight excluding hydrogens is 187 g/mol. The number of hydrogen-bond donors (Lipinski definition) is 3. The van der Waals surface area contributed by atoms with Gasteiger partial charge in [-0.2, -0.15) is 0 Å². The normalized spacial score (nSPS) is 14.6. The molecule has 4 N–H and O–H groups in total. The third kappa shape index (κ3) is 1.89. The van der Waals surface area contributed by atoms with Gasteiger partial charge in [0, 0.05) is 0 Å². The molecule has 0 unspecified atom stereocenters. The molecule has 0 aromatic heterocycles. The summed E-state index contributed by atoms with van der Waals surface area (Å²) in [7, 11) is 0. The maximum absolute atomic E-state index is 12.8. The summed E-state index contributed by atoms with van der Waals surface area (Å²) in [5, 5.41) is 9.72. The van der Waals surface area contributed by atoms with Crippen LogP contribution in [-0.2, 0) is 10.4 Å². The molecule has 0 saturated heterocycles. The van der Waals surface area contributed by atoms with Gasteiger partial charge in [0.15, 0.2) is 5.60 Å². The third-order valence-electron chi connectivity index (χ3n) is 1.96. The molecule has 1 aromatic carbocycles. The second kappa shape index (κ2) is 3.73. The van der Waals surface area contributed by atoms with Crippen LogP contribution in [0.4, 0.5) is 4.39 Å². The second-order valence-corrected chi connectivity index (χ2v) is 3.06. The van der Waals surface area contributed by atoms with Crippen molar-refractivity contribution in [2.24, 2.45) is 5.84 Å². The summed E-state index contributed by atoms with van der Waals surface area (Å²) < 4.78 is 12.8. The van der Waals surface area contributed by atoms with Crippen molar-refractivity contribution in [3.05, 3.63) is 35.6 Å². The standard InChI is InChI=1S/C9H11FN2O2/c1-9(14,8(13)12-11)6-3-2-4-7(10)5-6/h2-5,14H,11H2,1H3,(H,12,13)/t9-/m1/s1. The third-order valence-corrected chi connectivity index (χ3v) is 1.96. The molecule has 1 rings (SSSR count). The molecule has 0 bridgehead atoms. The summed E-state index contributed by atoms with van der Waals surface area (Å²) in [4.78, 5) is 11.1. The Bertz CT molecular complexity index is 352. The van der Waals surface area contributed by atoms with Crippen LogP contribution in [0.3, 0.4) is 0 Å². The summed E-state index contributed by atoms with van der Waals surface area (Å²) in [6.07, 6.45) is 0. The first kappa shape index (κ1) is 10.6. The highest BCUT2D eigenvalue weighted by molar-refractivity contribution is 5.85. The van der Waals surface area contributed by atoms with Crippen LogP contribution >= 0.6 is 0 Å². The Balaban J connectivity index is 3.09. The van der Waals surface area contributed by atoms with Crippen molar-refractivity contribution in [1.29, 1.82) is 0 Å². The number of carbonyl (C=O) groups is 1. The summed E-state index contributed by atoms with van der Waals surface area (Å²) in [5.41, 5.74) is 0.142. The molecule has 14 heavy (non-hydrogen) atoms. The van der Waals surface area contributed by atoms with Crippen LogP contribution in [0.5, 0.6) is 0 Å². The average molecular weight is 198 g/mol. The minimum atomic E-state index is -1.82. The van der Waals surface area contributed by atoms with E-state index in [9.17, 15) is 14.3 Å². The Labute approximate surface area is 80.5 Å². The zero-order valence-electron chi connectivity index (χ0n) is 7.62. The minimum absolute atomic E-state index is 0.153. The van der Waals surface area contributed by atoms with Crippen molar-refractivity contribution < 1.29 is 14.3 Å². The molecule has 0 saturated carbocycles. The number of halogens is 1. The maximum Gasteiger partial charge on any atom is 0.270 e. The summed E-state index contributed by atoms with van der Waals surface area (Å²) >= 11 is 0. The Morgan fingerprint density at radius 3 is 2.79 bits per heavy atom. The van der Waals surface area contributed by atoms with Crippen molar-refractivity contribution in [1.82, 2.24) is 5.43 Å². The molecule has 0 fully saturated rings. The fourth-order valence-corrected chi connectivity index (χ4v) is 1.06. The second-order valence-electron chi connectivity index (χ2n) is 3.06. The first-order valence-corrected chi connectivity index (χ1v) is 3.98. The van der Waals surface area contributed by atoms with E-state index >= 15 is 0 Å². The van der Waals surface area contributed by atoms with Crippen LogP contribution in [-0.4, -0.2) is 11.0 Å². The lowest BCUT2D eigenvalue weighted by Crippen LogP contribution is -2.45. The van der Waals surface area contributed by atoms with E-state index in [2.05, 4.69) is 0 Å². The molecule has 1 aromatic rings. The smallest absolute Gasteiger partial charge is 0.270 e. The Morgan fingerprint density at radius 2 is 2.29 bits per heavy atom. The molecule has 1 atom stereocenters. The van der Waals surface area contributed by atoms with E-state index < -0.39 is 17.3 Å². The van der Waals surface area contributed by atoms with Gasteiger partial charge in [-0.15, -0.1) is 0 Å². The first-order valence-electron chi connectivity index (χ1n) is 3.98. The maximum atomic E-state index is 12.8. The van der Waals surface area contributed by atoms with Gasteiger partial charge in [0.1, 0.15) is 5.82 Å². The summed E-state index contributed by atoms with van der Waals surface area (Å²) in [5.74, 6) is 3.57. The van der Waals surface area contributed by atoms with Crippen molar-refractivity contribution in [2.45, 2.75) is 12.5 Å². The van der Waals surface area contributed by atoms with E-state index in [1.165, 1.54) is 25.1 Å². The number of hydrazine groups is 1. The van der Waals surface area contributed by atoms with Gasteiger partial charge in [-0.3, -0.25) is 10.2 Å². The zero-order valence-corrected chi connectivity index (χ0v) is 7.62. The van der Waals surface area contributed by atoms with Crippen LogP contribution in [0.2, 0.25) is 0 Å². The van der Waals surface area contributed by atoms with Crippen molar-refractivity contribution in [3.8, 4) is 0 Å². The Kier molecular flexibility index (Phi) is 2.83. The highest BCUT2D eigenvalue weighted by atomic mass is 19.1. The lowest BCUT2D eigenvalue weighted by Gasteiger charge is -2.21. The largest absolute Gasteiger partial charge is 0.375 e. The summed E-state index contributed by atoms with van der Waals surface area (Å²) in [6, 6.07) is 5.15. The topological polar surface area (TPSA) is 75.3 Å². The SMILES string of the molecule is C[C@](O)(C(=O)NN)c1cccc(F)c1. The number of nitrogens with one attached hydrogen (secondary N) is 1. The minimum Gasteiger partial charge on any atom is -0.375 e. The lowest BCUT2D eigenvalue weighted by atomic mass is 9.95. The van der Waals surface area contributed by atoms with E-state index in [0.717, 1.165) is 6.07 Å². The summed E-state index contributed by atoms with van der Waals surface area (Å²) in [6.45, 7) is 1.24. The lowest BCUT2D eigenvalue weighted by molar-refractivity contribution is -0.139. The van der Waals surface area contributed by atoms with Crippen molar-refractivity contribution >= 4 is 5.91 Å². The van der Waals surface area contributed by atoms with Crippen LogP contribution in [0.1, 0.15) is 12.5 Å². The number of rotatable bonds is 2. The van der Waals surface area contributed by atoms with Crippen LogP contribution in [0, 0.1) is 5.82 Å². The number of benzene rings is 1. The molecular formula is C9H11FN2O2. The van der Waals surface area contributed by atoms with Gasteiger partial charge in [0.25, 0.3) is 5.91 Å². The number of carbonyl (C=O) groups excluding carboxylic acids is 1. The predicted molar refractivity (Wildman–Crippen MR) is 48.3 cm³/mol. The van der Waals surface area contributed by atoms with Crippen LogP contribution < -0.4 is 11.3 Å². The molecule has 0 aliphatic carbocycles. The van der Waals surface area contributed by atoms with Gasteiger partial charge in [0.2, 0.25) is 0 Å². The van der Waals surface area contributed by atoms with Crippen molar-refractivity contribution in [2.75, 3.05) is 0 Å². The molecule has 5 heteroatoms. The number of aliphatic hydroxyl groups is 1. The molecule has 1 amide bonds. The molecule has 0 radical (unpaired) electrons. The van der Waals surface area contributed by atoms with E-state index in [0.29, 0.717) is 0 Å². The number of amides is 1. The van der Waals surface area contributed by atoms with Crippen LogP contribution in [0.25, 0.3) is 0 Å². The Morgan fingerprint density at radius 1 is 1.64 bits per heavy atom. The first-order chi connectivity index (χ1) is 6.48. The quantitative estimate of drug-likeness (QED) is 0.356. The van der Waals surface area contributed by atoms with Gasteiger partial charge in [0.05, 0.1) is 0 Å². The number of nitrogens with two attached hydrogens (primary N) is 1.